The molecule has 4 aromatic rings. The summed E-state index contributed by atoms with van der Waals surface area (Å²) in [6, 6.07) is 17.8. The van der Waals surface area contributed by atoms with E-state index in [1.807, 2.05) is 50.2 Å². The molecule has 0 radical (unpaired) electrons. The molecule has 1 N–H and O–H groups in total. The lowest BCUT2D eigenvalue weighted by Crippen LogP contribution is -2.44. The normalized spacial score (nSPS) is 15.0. The van der Waals surface area contributed by atoms with Crippen LogP contribution < -0.4 is 9.88 Å². The van der Waals surface area contributed by atoms with E-state index in [0.717, 1.165) is 22.6 Å². The van der Waals surface area contributed by atoms with E-state index in [9.17, 15) is 9.18 Å². The Labute approximate surface area is 185 Å². The molecule has 1 aliphatic heterocycles. The van der Waals surface area contributed by atoms with Gasteiger partial charge in [0.15, 0.2) is 0 Å². The molecule has 3 heterocycles. The molecule has 1 atom stereocenters. The summed E-state index contributed by atoms with van der Waals surface area (Å²) < 4.78 is 21.8. The highest BCUT2D eigenvalue weighted by Crippen LogP contribution is 2.26. The third-order valence-corrected chi connectivity index (χ3v) is 5.88. The van der Waals surface area contributed by atoms with Crippen molar-refractivity contribution in [3.63, 3.8) is 0 Å². The Morgan fingerprint density at radius 2 is 1.84 bits per heavy atom. The molecule has 32 heavy (non-hydrogen) atoms. The van der Waals surface area contributed by atoms with Gasteiger partial charge in [0.05, 0.1) is 6.42 Å². The molecule has 0 bridgehead atoms. The van der Waals surface area contributed by atoms with Gasteiger partial charge >= 0.3 is 11.7 Å². The zero-order valence-corrected chi connectivity index (χ0v) is 17.9. The van der Waals surface area contributed by atoms with Gasteiger partial charge in [-0.3, -0.25) is 5.32 Å². The molecule has 0 amide bonds. The summed E-state index contributed by atoms with van der Waals surface area (Å²) in [5.74, 6) is 1.83. The number of carbonyl (C=O) groups excluding carboxylic acids is 1. The van der Waals surface area contributed by atoms with Crippen molar-refractivity contribution in [1.82, 2.24) is 4.98 Å². The largest absolute Gasteiger partial charge is 0.466 e. The molecule has 5 nitrogen and oxygen atoms in total. The number of hydrogen-bond donors (Lipinski definition) is 1. The number of anilines is 1. The minimum absolute atomic E-state index is 0.0823. The zero-order valence-electron chi connectivity index (χ0n) is 17.9. The lowest BCUT2D eigenvalue weighted by molar-refractivity contribution is -0.552. The number of aryl methyl sites for hydroxylation is 2. The van der Waals surface area contributed by atoms with E-state index in [0.29, 0.717) is 29.2 Å². The number of benzene rings is 2. The molecule has 160 valence electrons. The first-order chi connectivity index (χ1) is 15.5. The van der Waals surface area contributed by atoms with Gasteiger partial charge in [-0.05, 0) is 37.1 Å². The molecule has 5 rings (SSSR count). The number of rotatable bonds is 5. The summed E-state index contributed by atoms with van der Waals surface area (Å²) in [7, 11) is 0. The highest BCUT2D eigenvalue weighted by molar-refractivity contribution is 5.82. The van der Waals surface area contributed by atoms with E-state index in [1.54, 1.807) is 29.0 Å². The van der Waals surface area contributed by atoms with Crippen LogP contribution in [0, 0.1) is 19.7 Å². The molecular formula is C26H23FN3O2+. The second-order valence-corrected chi connectivity index (χ2v) is 8.12. The van der Waals surface area contributed by atoms with Crippen molar-refractivity contribution in [2.75, 3.05) is 5.32 Å². The molecule has 0 saturated heterocycles. The smallest absolute Gasteiger partial charge is 0.359 e. The lowest BCUT2D eigenvalue weighted by Gasteiger charge is -2.07. The summed E-state index contributed by atoms with van der Waals surface area (Å²) in [5.41, 5.74) is 3.78. The molecule has 0 aliphatic carbocycles. The Morgan fingerprint density at radius 3 is 2.56 bits per heavy atom. The topological polar surface area (TPSA) is 59.0 Å². The van der Waals surface area contributed by atoms with Crippen LogP contribution in [0.1, 0.15) is 33.1 Å². The molecule has 2 aromatic carbocycles. The monoisotopic (exact) mass is 428 g/mol. The number of furan rings is 1. The fourth-order valence-electron chi connectivity index (χ4n) is 4.06. The number of hydrogen-bond acceptors (Lipinski definition) is 4. The Morgan fingerprint density at radius 1 is 1.09 bits per heavy atom. The van der Waals surface area contributed by atoms with Crippen molar-refractivity contribution >= 4 is 11.7 Å². The van der Waals surface area contributed by atoms with Crippen LogP contribution in [0.4, 0.5) is 10.2 Å². The second kappa shape index (κ2) is 8.04. The van der Waals surface area contributed by atoms with E-state index in [2.05, 4.69) is 5.32 Å². The molecule has 0 saturated carbocycles. The van der Waals surface area contributed by atoms with E-state index in [4.69, 9.17) is 9.40 Å². The van der Waals surface area contributed by atoms with Crippen molar-refractivity contribution in [2.24, 2.45) is 0 Å². The maximum atomic E-state index is 14.4. The van der Waals surface area contributed by atoms with Crippen LogP contribution in [0.2, 0.25) is 0 Å². The third kappa shape index (κ3) is 3.68. The molecular weight excluding hydrogens is 405 g/mol. The summed E-state index contributed by atoms with van der Waals surface area (Å²) in [5, 5.41) is 3.32. The van der Waals surface area contributed by atoms with E-state index in [1.165, 1.54) is 6.07 Å². The van der Waals surface area contributed by atoms with Gasteiger partial charge in [0, 0.05) is 12.0 Å². The Kier molecular flexibility index (Phi) is 5.05. The minimum atomic E-state index is -0.479. The summed E-state index contributed by atoms with van der Waals surface area (Å²) in [6.07, 6.45) is 2.45. The summed E-state index contributed by atoms with van der Waals surface area (Å²) in [4.78, 5) is 18.1. The van der Waals surface area contributed by atoms with E-state index < -0.39 is 6.04 Å². The van der Waals surface area contributed by atoms with Gasteiger partial charge in [0.1, 0.15) is 34.9 Å². The summed E-state index contributed by atoms with van der Waals surface area (Å²) in [6.45, 7) is 3.90. The highest BCUT2D eigenvalue weighted by Gasteiger charge is 2.41. The molecule has 0 fully saturated rings. The number of aromatic nitrogens is 2. The Balaban J connectivity index is 1.55. The van der Waals surface area contributed by atoms with Crippen molar-refractivity contribution in [1.29, 1.82) is 0 Å². The average molecular weight is 428 g/mol. The van der Waals surface area contributed by atoms with Crippen LogP contribution >= 0.6 is 0 Å². The van der Waals surface area contributed by atoms with Crippen molar-refractivity contribution in [3.05, 3.63) is 101 Å². The molecule has 0 spiro atoms. The SMILES string of the molecule is Cc1cc(CC2Nc3c(Cc4ccccc4F)nc(-c4ccccc4)c[n+]3C2=O)oc1C. The number of nitrogens with one attached hydrogen (secondary N) is 1. The Bertz CT molecular complexity index is 1290. The van der Waals surface area contributed by atoms with Crippen molar-refractivity contribution < 1.29 is 18.2 Å². The predicted octanol–water partition coefficient (Wildman–Crippen LogP) is 4.65. The van der Waals surface area contributed by atoms with Crippen LogP contribution in [-0.2, 0) is 12.8 Å². The van der Waals surface area contributed by atoms with Crippen molar-refractivity contribution in [2.45, 2.75) is 32.7 Å². The third-order valence-electron chi connectivity index (χ3n) is 5.88. The first-order valence-corrected chi connectivity index (χ1v) is 10.6. The first-order valence-electron chi connectivity index (χ1n) is 10.6. The standard InChI is InChI=1S/C26H22FN3O2/c1-16-12-20(32-17(16)2)14-23-26(31)30-15-24(18-8-4-3-5-9-18)28-22(25(30)29-23)13-19-10-6-7-11-21(19)27/h3-12,15,23H,13-14H2,1-2H3/p+1. The number of fused-ring (bicyclic) bond motifs is 1. The average Bonchev–Trinajstić information content (AvgIpc) is 3.28. The first kappa shape index (κ1) is 20.1. The van der Waals surface area contributed by atoms with Crippen LogP contribution in [0.15, 0.2) is 71.3 Å². The predicted molar refractivity (Wildman–Crippen MR) is 119 cm³/mol. The highest BCUT2D eigenvalue weighted by atomic mass is 19.1. The molecule has 1 unspecified atom stereocenters. The van der Waals surface area contributed by atoms with Crippen LogP contribution in [0.5, 0.6) is 0 Å². The van der Waals surface area contributed by atoms with Gasteiger partial charge in [0.25, 0.3) is 0 Å². The maximum absolute atomic E-state index is 14.4. The Hall–Kier alpha value is -3.80. The van der Waals surface area contributed by atoms with Gasteiger partial charge in [-0.15, -0.1) is 0 Å². The quantitative estimate of drug-likeness (QED) is 0.470. The molecule has 1 aliphatic rings. The van der Waals surface area contributed by atoms with Crippen LogP contribution in [0.25, 0.3) is 11.3 Å². The summed E-state index contributed by atoms with van der Waals surface area (Å²) >= 11 is 0. The van der Waals surface area contributed by atoms with Gasteiger partial charge in [-0.2, -0.15) is 4.57 Å². The fourth-order valence-corrected chi connectivity index (χ4v) is 4.06. The van der Waals surface area contributed by atoms with E-state index in [-0.39, 0.29) is 18.1 Å². The number of halogens is 1. The number of carbonyl (C=O) groups is 1. The van der Waals surface area contributed by atoms with Crippen molar-refractivity contribution in [3.8, 4) is 11.3 Å². The van der Waals surface area contributed by atoms with E-state index >= 15 is 0 Å². The number of nitrogens with zero attached hydrogens (tertiary/aromatic N) is 2. The maximum Gasteiger partial charge on any atom is 0.359 e. The second-order valence-electron chi connectivity index (χ2n) is 8.12. The zero-order chi connectivity index (χ0) is 22.2. The molecule has 6 heteroatoms. The lowest BCUT2D eigenvalue weighted by atomic mass is 10.1. The minimum Gasteiger partial charge on any atom is -0.466 e. The van der Waals surface area contributed by atoms with Crippen LogP contribution in [-0.4, -0.2) is 16.9 Å². The molecule has 2 aromatic heterocycles. The fraction of sp³-hybridized carbons (Fsp3) is 0.192. The van der Waals surface area contributed by atoms with Crippen LogP contribution in [0.3, 0.4) is 0 Å². The van der Waals surface area contributed by atoms with Gasteiger partial charge in [-0.1, -0.05) is 48.5 Å². The van der Waals surface area contributed by atoms with Gasteiger partial charge in [0.2, 0.25) is 6.04 Å². The van der Waals surface area contributed by atoms with Gasteiger partial charge in [-0.25, -0.2) is 14.2 Å². The van der Waals surface area contributed by atoms with Gasteiger partial charge < -0.3 is 4.42 Å².